The van der Waals surface area contributed by atoms with Crippen LogP contribution in [0, 0.1) is 0 Å². The Morgan fingerprint density at radius 2 is 1.90 bits per heavy atom. The number of aliphatic hydroxyl groups is 1. The van der Waals surface area contributed by atoms with Crippen LogP contribution in [-0.2, 0) is 13.0 Å². The first-order chi connectivity index (χ1) is 13.4. The average Bonchev–Trinajstić information content (AvgIpc) is 2.95. The van der Waals surface area contributed by atoms with Crippen LogP contribution in [0.3, 0.4) is 0 Å². The van der Waals surface area contributed by atoms with Gasteiger partial charge in [0.15, 0.2) is 5.82 Å². The predicted molar refractivity (Wildman–Crippen MR) is 122 cm³/mol. The molecule has 0 atom stereocenters. The topological polar surface area (TPSA) is 92.2 Å². The van der Waals surface area contributed by atoms with E-state index in [0.717, 1.165) is 61.3 Å². The molecule has 2 aromatic rings. The zero-order chi connectivity index (χ0) is 21.8. The van der Waals surface area contributed by atoms with Crippen molar-refractivity contribution in [2.75, 3.05) is 31.2 Å². The monoisotopic (exact) mass is 404 g/mol. The van der Waals surface area contributed by atoms with Crippen LogP contribution in [-0.4, -0.2) is 55.8 Å². The van der Waals surface area contributed by atoms with Crippen LogP contribution in [0.25, 0.3) is 11.0 Å². The van der Waals surface area contributed by atoms with Gasteiger partial charge in [0.25, 0.3) is 0 Å². The molecule has 2 aromatic heterocycles. The highest BCUT2D eigenvalue weighted by Gasteiger charge is 2.22. The number of unbranched alkanes of at least 4 members (excludes halogenated alkanes) is 1. The summed E-state index contributed by atoms with van der Waals surface area (Å²) < 4.78 is 2.12. The Morgan fingerprint density at radius 1 is 1.21 bits per heavy atom. The number of fused-ring (bicyclic) bond motifs is 1. The molecule has 0 bridgehead atoms. The summed E-state index contributed by atoms with van der Waals surface area (Å²) in [6.07, 6.45) is 5.80. The summed E-state index contributed by atoms with van der Waals surface area (Å²) in [5.41, 5.74) is 8.06. The van der Waals surface area contributed by atoms with Gasteiger partial charge in [-0.25, -0.2) is 9.97 Å². The molecule has 0 saturated heterocycles. The van der Waals surface area contributed by atoms with Crippen molar-refractivity contribution in [3.63, 3.8) is 0 Å². The lowest BCUT2D eigenvalue weighted by molar-refractivity contribution is 0.0618. The number of imidazole rings is 1. The van der Waals surface area contributed by atoms with E-state index in [4.69, 9.17) is 10.7 Å². The molecular weight excluding hydrogens is 364 g/mol. The molecule has 0 aliphatic heterocycles. The first kappa shape index (κ1) is 23.4. The van der Waals surface area contributed by atoms with Crippen LogP contribution in [0.2, 0.25) is 0 Å². The number of pyridine rings is 1. The Kier molecular flexibility index (Phi) is 7.51. The minimum atomic E-state index is -0.848. The van der Waals surface area contributed by atoms with E-state index in [9.17, 15) is 5.11 Å². The van der Waals surface area contributed by atoms with E-state index in [0.29, 0.717) is 12.4 Å². The maximum Gasteiger partial charge on any atom is 0.151 e. The summed E-state index contributed by atoms with van der Waals surface area (Å²) in [5, 5.41) is 14.0. The van der Waals surface area contributed by atoms with Gasteiger partial charge in [-0.15, -0.1) is 0 Å². The molecule has 0 aromatic carbocycles. The largest absolute Gasteiger partial charge is 0.389 e. The van der Waals surface area contributed by atoms with Gasteiger partial charge in [0, 0.05) is 25.0 Å². The number of nitrogens with two attached hydrogens (primary N) is 1. The molecule has 7 heteroatoms. The van der Waals surface area contributed by atoms with Crippen molar-refractivity contribution >= 4 is 22.5 Å². The molecule has 164 valence electrons. The Morgan fingerprint density at radius 3 is 2.48 bits per heavy atom. The van der Waals surface area contributed by atoms with E-state index in [1.807, 2.05) is 13.8 Å². The molecule has 0 amide bonds. The summed E-state index contributed by atoms with van der Waals surface area (Å²) in [5.74, 6) is 1.39. The lowest BCUT2D eigenvalue weighted by atomic mass is 10.1. The first-order valence-electron chi connectivity index (χ1n) is 10.7. The third-order valence-electron chi connectivity index (χ3n) is 5.31. The zero-order valence-corrected chi connectivity index (χ0v) is 19.3. The summed E-state index contributed by atoms with van der Waals surface area (Å²) in [7, 11) is 2.15. The third-order valence-corrected chi connectivity index (χ3v) is 5.31. The van der Waals surface area contributed by atoms with Gasteiger partial charge >= 0.3 is 0 Å². The van der Waals surface area contributed by atoms with E-state index < -0.39 is 5.60 Å². The fourth-order valence-electron chi connectivity index (χ4n) is 3.29. The van der Waals surface area contributed by atoms with Gasteiger partial charge < -0.3 is 25.6 Å². The number of aryl methyl sites for hydroxylation is 1. The van der Waals surface area contributed by atoms with E-state index in [2.05, 4.69) is 54.5 Å². The minimum Gasteiger partial charge on any atom is -0.389 e. The van der Waals surface area contributed by atoms with E-state index >= 15 is 0 Å². The molecule has 0 unspecified atom stereocenters. The molecular formula is C22H40N6O. The highest BCUT2D eigenvalue weighted by atomic mass is 16.3. The van der Waals surface area contributed by atoms with Gasteiger partial charge in [-0.1, -0.05) is 13.3 Å². The number of nitrogens with one attached hydrogen (secondary N) is 1. The molecule has 29 heavy (non-hydrogen) atoms. The molecule has 4 N–H and O–H groups in total. The molecule has 0 radical (unpaired) electrons. The maximum atomic E-state index is 10.5. The summed E-state index contributed by atoms with van der Waals surface area (Å²) in [4.78, 5) is 11.5. The van der Waals surface area contributed by atoms with Crippen LogP contribution < -0.4 is 11.1 Å². The van der Waals surface area contributed by atoms with Crippen molar-refractivity contribution in [3.8, 4) is 0 Å². The lowest BCUT2D eigenvalue weighted by Crippen LogP contribution is -2.39. The van der Waals surface area contributed by atoms with Crippen LogP contribution >= 0.6 is 0 Å². The number of nitrogens with zero attached hydrogens (tertiary/aromatic N) is 4. The Bertz CT molecular complexity index is 800. The zero-order valence-electron chi connectivity index (χ0n) is 19.3. The Labute approximate surface area is 175 Å². The number of aromatic nitrogens is 3. The summed E-state index contributed by atoms with van der Waals surface area (Å²) >= 11 is 0. The number of hydrogen-bond acceptors (Lipinski definition) is 6. The van der Waals surface area contributed by atoms with Crippen molar-refractivity contribution in [3.05, 3.63) is 12.0 Å². The van der Waals surface area contributed by atoms with Crippen molar-refractivity contribution in [2.24, 2.45) is 0 Å². The molecule has 0 aliphatic carbocycles. The summed E-state index contributed by atoms with van der Waals surface area (Å²) in [6, 6.07) is 0. The quantitative estimate of drug-likeness (QED) is 0.523. The van der Waals surface area contributed by atoms with Crippen LogP contribution in [0.4, 0.5) is 11.5 Å². The number of hydrogen-bond donors (Lipinski definition) is 3. The first-order valence-corrected chi connectivity index (χ1v) is 10.7. The highest BCUT2D eigenvalue weighted by molar-refractivity contribution is 5.94. The molecule has 2 rings (SSSR count). The van der Waals surface area contributed by atoms with Gasteiger partial charge in [-0.3, -0.25) is 0 Å². The second-order valence-electron chi connectivity index (χ2n) is 9.66. The summed E-state index contributed by atoms with van der Waals surface area (Å²) in [6.45, 7) is 14.8. The van der Waals surface area contributed by atoms with E-state index in [1.165, 1.54) is 0 Å². The molecule has 0 fully saturated rings. The van der Waals surface area contributed by atoms with Gasteiger partial charge in [0.2, 0.25) is 0 Å². The van der Waals surface area contributed by atoms with Crippen LogP contribution in [0.15, 0.2) is 6.20 Å². The van der Waals surface area contributed by atoms with E-state index in [-0.39, 0.29) is 5.54 Å². The van der Waals surface area contributed by atoms with Gasteiger partial charge in [-0.2, -0.15) is 0 Å². The SMILES string of the molecule is CCCCc1nc2c(N)ncc(NCCCN(C)C(C)(C)C)c2n1CC(C)(C)O. The second-order valence-corrected chi connectivity index (χ2v) is 9.66. The highest BCUT2D eigenvalue weighted by Crippen LogP contribution is 2.29. The molecule has 2 heterocycles. The minimum absolute atomic E-state index is 0.162. The fourth-order valence-corrected chi connectivity index (χ4v) is 3.29. The second kappa shape index (κ2) is 9.30. The fraction of sp³-hybridized carbons (Fsp3) is 0.727. The average molecular weight is 405 g/mol. The molecule has 0 spiro atoms. The normalized spacial score (nSPS) is 12.9. The number of anilines is 2. The standard InChI is InChI=1S/C22H40N6O/c1-8-9-11-17-26-18-19(28(17)15-22(5,6)29)16(14-25-20(18)23)24-12-10-13-27(7)21(2,3)4/h14,24,29H,8-13,15H2,1-7H3,(H2,23,25). The van der Waals surface area contributed by atoms with Gasteiger partial charge in [0.1, 0.15) is 11.3 Å². The molecule has 0 saturated carbocycles. The van der Waals surface area contributed by atoms with Gasteiger partial charge in [0.05, 0.1) is 29.5 Å². The number of nitrogen functional groups attached to an aromatic ring is 1. The Balaban J connectivity index is 2.30. The maximum absolute atomic E-state index is 10.5. The van der Waals surface area contributed by atoms with Gasteiger partial charge in [-0.05, 0) is 54.5 Å². The van der Waals surface area contributed by atoms with Crippen molar-refractivity contribution in [1.29, 1.82) is 0 Å². The molecule has 0 aliphatic rings. The predicted octanol–water partition coefficient (Wildman–Crippen LogP) is 3.66. The lowest BCUT2D eigenvalue weighted by Gasteiger charge is -2.31. The van der Waals surface area contributed by atoms with E-state index in [1.54, 1.807) is 6.20 Å². The molecule has 7 nitrogen and oxygen atoms in total. The Hall–Kier alpha value is -1.86. The third kappa shape index (κ3) is 6.31. The smallest absolute Gasteiger partial charge is 0.151 e. The van der Waals surface area contributed by atoms with Crippen molar-refractivity contribution < 1.29 is 5.11 Å². The van der Waals surface area contributed by atoms with Crippen LogP contribution in [0.1, 0.15) is 66.6 Å². The van der Waals surface area contributed by atoms with Crippen LogP contribution in [0.5, 0.6) is 0 Å². The number of rotatable bonds is 10. The van der Waals surface area contributed by atoms with Crippen molar-refractivity contribution in [2.45, 2.75) is 84.9 Å². The van der Waals surface area contributed by atoms with Crippen molar-refractivity contribution in [1.82, 2.24) is 19.4 Å².